The molecule has 5 heteroatoms. The van der Waals surface area contributed by atoms with Crippen molar-refractivity contribution in [3.05, 3.63) is 23.8 Å². The highest BCUT2D eigenvalue weighted by Gasteiger charge is 2.23. The van der Waals surface area contributed by atoms with Crippen LogP contribution in [0.2, 0.25) is 0 Å². The van der Waals surface area contributed by atoms with E-state index in [9.17, 15) is 4.79 Å². The van der Waals surface area contributed by atoms with Crippen LogP contribution in [0.1, 0.15) is 37.8 Å². The first-order valence-corrected chi connectivity index (χ1v) is 7.68. The molecule has 0 aliphatic carbocycles. The van der Waals surface area contributed by atoms with Crippen LogP contribution in [0.5, 0.6) is 5.75 Å². The highest BCUT2D eigenvalue weighted by atomic mass is 16.5. The Balaban J connectivity index is 1.78. The van der Waals surface area contributed by atoms with Gasteiger partial charge in [-0.3, -0.25) is 4.79 Å². The predicted octanol–water partition coefficient (Wildman–Crippen LogP) is 2.24. The first-order chi connectivity index (χ1) is 10.3. The van der Waals surface area contributed by atoms with Crippen LogP contribution in [0.25, 0.3) is 0 Å². The number of rotatable bonds is 5. The van der Waals surface area contributed by atoms with Gasteiger partial charge in [-0.2, -0.15) is 0 Å². The van der Waals surface area contributed by atoms with Gasteiger partial charge in [0.25, 0.3) is 5.91 Å². The Bertz CT molecular complexity index is 512. The van der Waals surface area contributed by atoms with Crippen molar-refractivity contribution in [3.63, 3.8) is 0 Å². The van der Waals surface area contributed by atoms with Crippen molar-refractivity contribution >= 4 is 11.6 Å². The van der Waals surface area contributed by atoms with Crippen molar-refractivity contribution in [1.29, 1.82) is 0 Å². The Morgan fingerprint density at radius 2 is 2.38 bits per heavy atom. The zero-order valence-corrected chi connectivity index (χ0v) is 12.4. The van der Waals surface area contributed by atoms with Crippen LogP contribution in [0.3, 0.4) is 0 Å². The number of hydrogen-bond acceptors (Lipinski definition) is 4. The quantitative estimate of drug-likeness (QED) is 0.873. The normalized spacial score (nSPS) is 22.3. The highest BCUT2D eigenvalue weighted by Crippen LogP contribution is 2.33. The number of fused-ring (bicyclic) bond motifs is 1. The zero-order chi connectivity index (χ0) is 14.7. The number of nitrogens with one attached hydrogen (secondary N) is 2. The number of anilines is 1. The molecule has 2 atom stereocenters. The number of carbonyl (C=O) groups excluding carboxylic acids is 1. The fraction of sp³-hybridized carbons (Fsp3) is 0.562. The van der Waals surface area contributed by atoms with Gasteiger partial charge in [0.05, 0.1) is 11.8 Å². The molecule has 0 saturated carbocycles. The van der Waals surface area contributed by atoms with Gasteiger partial charge < -0.3 is 20.1 Å². The molecule has 1 fully saturated rings. The van der Waals surface area contributed by atoms with Crippen molar-refractivity contribution in [3.8, 4) is 5.75 Å². The summed E-state index contributed by atoms with van der Waals surface area (Å²) in [5.41, 5.74) is 1.93. The lowest BCUT2D eigenvalue weighted by molar-refractivity contribution is -0.118. The molecule has 0 aromatic heterocycles. The van der Waals surface area contributed by atoms with Crippen LogP contribution in [0.4, 0.5) is 5.69 Å². The SMILES string of the molecule is CCNC(CC1CCCO1)c1ccc2c(c1)NC(=O)CO2. The van der Waals surface area contributed by atoms with Gasteiger partial charge in [0.15, 0.2) is 6.61 Å². The van der Waals surface area contributed by atoms with E-state index in [1.165, 1.54) is 0 Å². The topological polar surface area (TPSA) is 59.6 Å². The van der Waals surface area contributed by atoms with Crippen LogP contribution < -0.4 is 15.4 Å². The van der Waals surface area contributed by atoms with Crippen molar-refractivity contribution in [2.24, 2.45) is 0 Å². The number of ether oxygens (including phenoxy) is 2. The summed E-state index contributed by atoms with van der Waals surface area (Å²) in [5, 5.41) is 6.38. The van der Waals surface area contributed by atoms with Crippen molar-refractivity contribution in [2.45, 2.75) is 38.3 Å². The van der Waals surface area contributed by atoms with Crippen LogP contribution >= 0.6 is 0 Å². The van der Waals surface area contributed by atoms with Crippen molar-refractivity contribution in [2.75, 3.05) is 25.1 Å². The van der Waals surface area contributed by atoms with E-state index in [0.717, 1.165) is 49.4 Å². The number of benzene rings is 1. The van der Waals surface area contributed by atoms with Crippen LogP contribution in [0.15, 0.2) is 18.2 Å². The third kappa shape index (κ3) is 3.36. The third-order valence-electron chi connectivity index (χ3n) is 4.01. The average molecular weight is 290 g/mol. The molecule has 1 saturated heterocycles. The minimum atomic E-state index is -0.0984. The molecule has 2 heterocycles. The molecular weight excluding hydrogens is 268 g/mol. The Kier molecular flexibility index (Phi) is 4.41. The fourth-order valence-corrected chi connectivity index (χ4v) is 2.99. The molecule has 1 amide bonds. The molecule has 21 heavy (non-hydrogen) atoms. The molecule has 1 aromatic rings. The maximum Gasteiger partial charge on any atom is 0.262 e. The van der Waals surface area contributed by atoms with Gasteiger partial charge >= 0.3 is 0 Å². The van der Waals surface area contributed by atoms with Crippen molar-refractivity contribution < 1.29 is 14.3 Å². The van der Waals surface area contributed by atoms with Gasteiger partial charge in [-0.25, -0.2) is 0 Å². The summed E-state index contributed by atoms with van der Waals surface area (Å²) < 4.78 is 11.2. The monoisotopic (exact) mass is 290 g/mol. The summed E-state index contributed by atoms with van der Waals surface area (Å²) in [5.74, 6) is 0.643. The molecule has 2 aliphatic rings. The van der Waals surface area contributed by atoms with Gasteiger partial charge in [0.1, 0.15) is 5.75 Å². The third-order valence-corrected chi connectivity index (χ3v) is 4.01. The van der Waals surface area contributed by atoms with Gasteiger partial charge in [-0.15, -0.1) is 0 Å². The van der Waals surface area contributed by atoms with Gasteiger partial charge in [0, 0.05) is 12.6 Å². The number of hydrogen-bond donors (Lipinski definition) is 2. The van der Waals surface area contributed by atoms with Crippen LogP contribution in [0, 0.1) is 0 Å². The van der Waals surface area contributed by atoms with E-state index < -0.39 is 0 Å². The zero-order valence-electron chi connectivity index (χ0n) is 12.4. The molecule has 3 rings (SSSR count). The summed E-state index contributed by atoms with van der Waals surface area (Å²) in [6.45, 7) is 3.97. The number of carbonyl (C=O) groups is 1. The van der Waals surface area contributed by atoms with Gasteiger partial charge in [0.2, 0.25) is 0 Å². The van der Waals surface area contributed by atoms with Crippen LogP contribution in [-0.4, -0.2) is 31.8 Å². The Morgan fingerprint density at radius 3 is 3.14 bits per heavy atom. The van der Waals surface area contributed by atoms with E-state index in [0.29, 0.717) is 6.10 Å². The highest BCUT2D eigenvalue weighted by molar-refractivity contribution is 5.95. The largest absolute Gasteiger partial charge is 0.482 e. The van der Waals surface area contributed by atoms with E-state index in [1.807, 2.05) is 12.1 Å². The molecule has 5 nitrogen and oxygen atoms in total. The fourth-order valence-electron chi connectivity index (χ4n) is 2.99. The number of amides is 1. The minimum Gasteiger partial charge on any atom is -0.482 e. The summed E-state index contributed by atoms with van der Waals surface area (Å²) in [6, 6.07) is 6.25. The molecule has 2 N–H and O–H groups in total. The van der Waals surface area contributed by atoms with Gasteiger partial charge in [-0.1, -0.05) is 13.0 Å². The van der Waals surface area contributed by atoms with E-state index in [-0.39, 0.29) is 18.6 Å². The summed E-state index contributed by atoms with van der Waals surface area (Å²) in [6.07, 6.45) is 3.57. The Hall–Kier alpha value is -1.59. The van der Waals surface area contributed by atoms with Gasteiger partial charge in [-0.05, 0) is 43.5 Å². The lowest BCUT2D eigenvalue weighted by Crippen LogP contribution is -2.27. The lowest BCUT2D eigenvalue weighted by Gasteiger charge is -2.24. The molecule has 1 aromatic carbocycles. The lowest BCUT2D eigenvalue weighted by atomic mass is 9.98. The van der Waals surface area contributed by atoms with E-state index in [1.54, 1.807) is 0 Å². The smallest absolute Gasteiger partial charge is 0.262 e. The first-order valence-electron chi connectivity index (χ1n) is 7.68. The predicted molar refractivity (Wildman–Crippen MR) is 80.6 cm³/mol. The average Bonchev–Trinajstić information content (AvgIpc) is 2.99. The molecule has 0 radical (unpaired) electrons. The summed E-state index contributed by atoms with van der Waals surface area (Å²) >= 11 is 0. The maximum absolute atomic E-state index is 11.4. The molecule has 0 spiro atoms. The molecule has 0 bridgehead atoms. The molecule has 2 unspecified atom stereocenters. The van der Waals surface area contributed by atoms with Crippen molar-refractivity contribution in [1.82, 2.24) is 5.32 Å². The first kappa shape index (κ1) is 14.4. The maximum atomic E-state index is 11.4. The van der Waals surface area contributed by atoms with E-state index in [2.05, 4.69) is 23.6 Å². The summed E-state index contributed by atoms with van der Waals surface area (Å²) in [4.78, 5) is 11.4. The van der Waals surface area contributed by atoms with Crippen LogP contribution in [-0.2, 0) is 9.53 Å². The summed E-state index contributed by atoms with van der Waals surface area (Å²) in [7, 11) is 0. The standard InChI is InChI=1S/C16H22N2O3/c1-2-17-13(9-12-4-3-7-20-12)11-5-6-15-14(8-11)18-16(19)10-21-15/h5-6,8,12-13,17H,2-4,7,9-10H2,1H3,(H,18,19). The molecule has 114 valence electrons. The second-order valence-electron chi connectivity index (χ2n) is 5.57. The Labute approximate surface area is 125 Å². The van der Waals surface area contributed by atoms with E-state index >= 15 is 0 Å². The second kappa shape index (κ2) is 6.45. The second-order valence-corrected chi connectivity index (χ2v) is 5.57. The van der Waals surface area contributed by atoms with E-state index in [4.69, 9.17) is 9.47 Å². The molecule has 2 aliphatic heterocycles. The Morgan fingerprint density at radius 1 is 1.48 bits per heavy atom. The minimum absolute atomic E-state index is 0.0961. The molecular formula is C16H22N2O3.